The van der Waals surface area contributed by atoms with Crippen LogP contribution in [0.2, 0.25) is 0 Å². The van der Waals surface area contributed by atoms with Gasteiger partial charge in [0.25, 0.3) is 17.4 Å². The van der Waals surface area contributed by atoms with E-state index in [9.17, 15) is 24.3 Å². The van der Waals surface area contributed by atoms with E-state index in [1.807, 2.05) is 42.5 Å². The molecule has 6 rings (SSSR count). The lowest BCUT2D eigenvalue weighted by atomic mass is 10.1. The molecular weight excluding hydrogens is 546 g/mol. The minimum Gasteiger partial charge on any atom is -0.493 e. The third-order valence-corrected chi connectivity index (χ3v) is 7.16. The Hall–Kier alpha value is -5.90. The summed E-state index contributed by atoms with van der Waals surface area (Å²) in [5.41, 5.74) is 0.437. The van der Waals surface area contributed by atoms with Gasteiger partial charge in [0.2, 0.25) is 11.6 Å². The SMILES string of the molecule is O=C1c2cccc(N=Nc3c(O)n(Cc4ccccc4)c(=O)n(Cc4ccccc4)c3=O)c2C(=O)N1Cc1ccccc1. The first-order valence-corrected chi connectivity index (χ1v) is 13.5. The number of fused-ring (bicyclic) bond motifs is 1. The third kappa shape index (κ3) is 5.29. The molecule has 0 saturated heterocycles. The molecule has 0 bridgehead atoms. The highest BCUT2D eigenvalue weighted by atomic mass is 16.3. The molecule has 0 radical (unpaired) electrons. The van der Waals surface area contributed by atoms with Crippen LogP contribution >= 0.6 is 0 Å². The molecule has 0 fully saturated rings. The van der Waals surface area contributed by atoms with Crippen molar-refractivity contribution < 1.29 is 14.7 Å². The second kappa shape index (κ2) is 11.5. The quantitative estimate of drug-likeness (QED) is 0.207. The number of benzene rings is 4. The largest absolute Gasteiger partial charge is 0.493 e. The highest BCUT2D eigenvalue weighted by molar-refractivity contribution is 6.23. The van der Waals surface area contributed by atoms with Gasteiger partial charge in [-0.3, -0.25) is 28.4 Å². The van der Waals surface area contributed by atoms with Crippen molar-refractivity contribution in [2.24, 2.45) is 10.2 Å². The lowest BCUT2D eigenvalue weighted by Crippen LogP contribution is -2.40. The number of nitrogens with zero attached hydrogens (tertiary/aromatic N) is 5. The molecule has 43 heavy (non-hydrogen) atoms. The van der Waals surface area contributed by atoms with Gasteiger partial charge in [-0.1, -0.05) is 97.1 Å². The summed E-state index contributed by atoms with van der Waals surface area (Å²) in [6.45, 7) is 0.00271. The highest BCUT2D eigenvalue weighted by Gasteiger charge is 2.37. The van der Waals surface area contributed by atoms with E-state index in [1.54, 1.807) is 54.6 Å². The van der Waals surface area contributed by atoms with Crippen molar-refractivity contribution in [1.29, 1.82) is 0 Å². The van der Waals surface area contributed by atoms with Crippen LogP contribution in [0.3, 0.4) is 0 Å². The number of carbonyl (C=O) groups excluding carboxylic acids is 2. The number of aromatic nitrogens is 2. The zero-order valence-corrected chi connectivity index (χ0v) is 22.8. The van der Waals surface area contributed by atoms with E-state index in [4.69, 9.17) is 0 Å². The molecule has 10 heteroatoms. The first-order chi connectivity index (χ1) is 20.9. The first kappa shape index (κ1) is 27.3. The minimum atomic E-state index is -0.847. The number of azo groups is 1. The number of amides is 2. The fourth-order valence-electron chi connectivity index (χ4n) is 4.99. The van der Waals surface area contributed by atoms with E-state index in [0.717, 1.165) is 25.2 Å². The average Bonchev–Trinajstić information content (AvgIpc) is 3.28. The molecule has 4 aromatic carbocycles. The van der Waals surface area contributed by atoms with Gasteiger partial charge >= 0.3 is 5.69 Å². The molecule has 10 nitrogen and oxygen atoms in total. The molecule has 0 saturated carbocycles. The second-order valence-corrected chi connectivity index (χ2v) is 9.99. The van der Waals surface area contributed by atoms with Crippen molar-refractivity contribution in [2.45, 2.75) is 19.6 Å². The fraction of sp³-hybridized carbons (Fsp3) is 0.0909. The molecule has 0 unspecified atom stereocenters. The molecule has 0 aliphatic carbocycles. The van der Waals surface area contributed by atoms with Crippen LogP contribution in [-0.2, 0) is 19.6 Å². The van der Waals surface area contributed by atoms with E-state index in [-0.39, 0.29) is 36.4 Å². The van der Waals surface area contributed by atoms with Crippen molar-refractivity contribution in [3.8, 4) is 5.88 Å². The Morgan fingerprint density at radius 3 is 1.67 bits per heavy atom. The molecule has 1 aliphatic rings. The molecule has 1 aromatic heterocycles. The van der Waals surface area contributed by atoms with Crippen molar-refractivity contribution in [1.82, 2.24) is 14.0 Å². The normalized spacial score (nSPS) is 12.7. The summed E-state index contributed by atoms with van der Waals surface area (Å²) in [6.07, 6.45) is 0. The Balaban J connectivity index is 1.42. The van der Waals surface area contributed by atoms with E-state index in [0.29, 0.717) is 5.56 Å². The lowest BCUT2D eigenvalue weighted by molar-refractivity contribution is 0.0642. The maximum absolute atomic E-state index is 13.6. The second-order valence-electron chi connectivity index (χ2n) is 9.99. The van der Waals surface area contributed by atoms with Gasteiger partial charge in [0.1, 0.15) is 0 Å². The summed E-state index contributed by atoms with van der Waals surface area (Å²) < 4.78 is 2.04. The zero-order valence-electron chi connectivity index (χ0n) is 22.8. The van der Waals surface area contributed by atoms with Crippen LogP contribution in [0.15, 0.2) is 129 Å². The van der Waals surface area contributed by atoms with Gasteiger partial charge in [0, 0.05) is 0 Å². The molecule has 0 atom stereocenters. The molecule has 5 aromatic rings. The summed E-state index contributed by atoms with van der Waals surface area (Å²) in [5.74, 6) is -1.67. The van der Waals surface area contributed by atoms with Crippen molar-refractivity contribution >= 4 is 23.2 Å². The first-order valence-electron chi connectivity index (χ1n) is 13.5. The summed E-state index contributed by atoms with van der Waals surface area (Å²) in [4.78, 5) is 54.7. The summed E-state index contributed by atoms with van der Waals surface area (Å²) in [7, 11) is 0. The third-order valence-electron chi connectivity index (χ3n) is 7.16. The van der Waals surface area contributed by atoms with E-state index < -0.39 is 34.6 Å². The molecule has 1 N–H and O–H groups in total. The monoisotopic (exact) mass is 571 g/mol. The number of imide groups is 1. The maximum Gasteiger partial charge on any atom is 0.334 e. The van der Waals surface area contributed by atoms with Crippen molar-refractivity contribution in [3.05, 3.63) is 158 Å². The van der Waals surface area contributed by atoms with Gasteiger partial charge in [-0.25, -0.2) is 4.79 Å². The Morgan fingerprint density at radius 2 is 1.09 bits per heavy atom. The smallest absolute Gasteiger partial charge is 0.334 e. The molecule has 2 heterocycles. The predicted octanol–water partition coefficient (Wildman–Crippen LogP) is 5.02. The standard InChI is InChI=1S/C33H25N5O5/c39-29-25-17-10-18-26(27(25)30(40)36(29)19-22-11-4-1-5-12-22)34-35-28-31(41)37(20-23-13-6-2-7-14-23)33(43)38(32(28)42)21-24-15-8-3-9-16-24/h1-18,41H,19-21H2. The van der Waals surface area contributed by atoms with Gasteiger partial charge < -0.3 is 5.11 Å². The molecule has 212 valence electrons. The van der Waals surface area contributed by atoms with Gasteiger partial charge in [0.05, 0.1) is 36.4 Å². The lowest BCUT2D eigenvalue weighted by Gasteiger charge is -2.14. The van der Waals surface area contributed by atoms with Crippen LogP contribution in [0.25, 0.3) is 0 Å². The zero-order chi connectivity index (χ0) is 29.9. The number of hydrogen-bond acceptors (Lipinski definition) is 7. The van der Waals surface area contributed by atoms with Crippen LogP contribution in [0.1, 0.15) is 37.4 Å². The minimum absolute atomic E-state index is 0.0226. The van der Waals surface area contributed by atoms with Crippen LogP contribution in [0.5, 0.6) is 5.88 Å². The topological polar surface area (TPSA) is 126 Å². The van der Waals surface area contributed by atoms with E-state index >= 15 is 0 Å². The summed E-state index contributed by atoms with van der Waals surface area (Å²) >= 11 is 0. The fourth-order valence-corrected chi connectivity index (χ4v) is 4.99. The Labute approximate surface area is 245 Å². The van der Waals surface area contributed by atoms with Crippen molar-refractivity contribution in [2.75, 3.05) is 0 Å². The molecular formula is C33H25N5O5. The highest BCUT2D eigenvalue weighted by Crippen LogP contribution is 2.33. The average molecular weight is 572 g/mol. The summed E-state index contributed by atoms with van der Waals surface area (Å²) in [6, 6.07) is 31.7. The predicted molar refractivity (Wildman–Crippen MR) is 159 cm³/mol. The van der Waals surface area contributed by atoms with Gasteiger partial charge in [0.15, 0.2) is 0 Å². The molecule has 0 spiro atoms. The van der Waals surface area contributed by atoms with E-state index in [1.165, 1.54) is 12.1 Å². The number of aromatic hydroxyl groups is 1. The van der Waals surface area contributed by atoms with Crippen molar-refractivity contribution in [3.63, 3.8) is 0 Å². The number of carbonyl (C=O) groups is 2. The van der Waals surface area contributed by atoms with Gasteiger partial charge in [-0.2, -0.15) is 0 Å². The molecule has 2 amide bonds. The van der Waals surface area contributed by atoms with Crippen LogP contribution in [0.4, 0.5) is 11.4 Å². The van der Waals surface area contributed by atoms with Gasteiger partial charge in [-0.15, -0.1) is 10.2 Å². The van der Waals surface area contributed by atoms with E-state index in [2.05, 4.69) is 10.2 Å². The number of rotatable bonds is 8. The summed E-state index contributed by atoms with van der Waals surface area (Å²) in [5, 5.41) is 19.4. The van der Waals surface area contributed by atoms with Crippen LogP contribution < -0.4 is 11.2 Å². The Morgan fingerprint density at radius 1 is 0.558 bits per heavy atom. The van der Waals surface area contributed by atoms with Crippen LogP contribution in [-0.4, -0.2) is 31.0 Å². The molecule has 1 aliphatic heterocycles. The Kier molecular flexibility index (Phi) is 7.32. The van der Waals surface area contributed by atoms with Crippen LogP contribution in [0, 0.1) is 0 Å². The Bertz CT molecular complexity index is 1980. The maximum atomic E-state index is 13.6. The van der Waals surface area contributed by atoms with Gasteiger partial charge in [-0.05, 0) is 28.8 Å². The number of hydrogen-bond donors (Lipinski definition) is 1.